The summed E-state index contributed by atoms with van der Waals surface area (Å²) in [7, 11) is 1.64. The quantitative estimate of drug-likeness (QED) is 0.373. The van der Waals surface area contributed by atoms with Crippen LogP contribution in [-0.2, 0) is 24.3 Å². The van der Waals surface area contributed by atoms with Gasteiger partial charge in [0.25, 0.3) is 0 Å². The maximum absolute atomic E-state index is 13.2. The Morgan fingerprint density at radius 1 is 1.00 bits per heavy atom. The van der Waals surface area contributed by atoms with Crippen LogP contribution in [0.5, 0.6) is 5.75 Å². The molecule has 0 spiro atoms. The molecule has 0 aliphatic rings. The van der Waals surface area contributed by atoms with Crippen molar-refractivity contribution in [1.29, 1.82) is 0 Å². The van der Waals surface area contributed by atoms with E-state index in [1.54, 1.807) is 19.2 Å². The van der Waals surface area contributed by atoms with Crippen LogP contribution in [0.4, 0.5) is 4.39 Å². The zero-order chi connectivity index (χ0) is 23.0. The number of nitrogens with zero attached hydrogens (tertiary/aromatic N) is 1. The van der Waals surface area contributed by atoms with Crippen LogP contribution in [-0.4, -0.2) is 36.0 Å². The molecule has 3 aromatic carbocycles. The number of hydrogen-bond acceptors (Lipinski definition) is 3. The third kappa shape index (κ3) is 5.79. The van der Waals surface area contributed by atoms with Crippen LogP contribution in [0.1, 0.15) is 16.7 Å². The minimum atomic E-state index is -0.268. The number of halogens is 1. The van der Waals surface area contributed by atoms with Gasteiger partial charge in [-0.2, -0.15) is 0 Å². The molecule has 0 saturated heterocycles. The van der Waals surface area contributed by atoms with Crippen molar-refractivity contribution in [1.82, 2.24) is 15.2 Å². The molecule has 2 N–H and O–H groups in total. The van der Waals surface area contributed by atoms with Gasteiger partial charge >= 0.3 is 0 Å². The Bertz CT molecular complexity index is 1200. The summed E-state index contributed by atoms with van der Waals surface area (Å²) < 4.78 is 18.6. The average Bonchev–Trinajstić information content (AvgIpc) is 3.26. The number of methoxy groups -OCH3 is 1. The SMILES string of the molecule is COc1ccccc1CN(CCc1c[nH]c2ccccc12)C(=O)CNCc1ccc(F)cc1. The van der Waals surface area contributed by atoms with Gasteiger partial charge in [0.05, 0.1) is 13.7 Å². The average molecular weight is 446 g/mol. The molecule has 0 aliphatic heterocycles. The first-order valence-electron chi connectivity index (χ1n) is 11.0. The van der Waals surface area contributed by atoms with Crippen molar-refractivity contribution in [2.45, 2.75) is 19.5 Å². The Kier molecular flexibility index (Phi) is 7.37. The number of carbonyl (C=O) groups is 1. The maximum Gasteiger partial charge on any atom is 0.236 e. The molecule has 1 heterocycles. The zero-order valence-corrected chi connectivity index (χ0v) is 18.7. The van der Waals surface area contributed by atoms with Gasteiger partial charge in [0.2, 0.25) is 5.91 Å². The van der Waals surface area contributed by atoms with Gasteiger partial charge in [-0.3, -0.25) is 4.79 Å². The Morgan fingerprint density at radius 3 is 2.58 bits per heavy atom. The van der Waals surface area contributed by atoms with Crippen molar-refractivity contribution in [3.8, 4) is 5.75 Å². The number of amides is 1. The monoisotopic (exact) mass is 445 g/mol. The molecule has 4 aromatic rings. The van der Waals surface area contributed by atoms with Gasteiger partial charge in [0.15, 0.2) is 0 Å². The molecule has 0 bridgehead atoms. The number of nitrogens with one attached hydrogen (secondary N) is 2. The Labute approximate surface area is 193 Å². The van der Waals surface area contributed by atoms with Gasteiger partial charge < -0.3 is 19.9 Å². The lowest BCUT2D eigenvalue weighted by molar-refractivity contribution is -0.130. The van der Waals surface area contributed by atoms with Crippen molar-refractivity contribution in [3.63, 3.8) is 0 Å². The van der Waals surface area contributed by atoms with Gasteiger partial charge in [0.1, 0.15) is 11.6 Å². The van der Waals surface area contributed by atoms with Crippen LogP contribution in [0.2, 0.25) is 0 Å². The summed E-state index contributed by atoms with van der Waals surface area (Å²) in [6.45, 7) is 1.73. The lowest BCUT2D eigenvalue weighted by Crippen LogP contribution is -2.39. The maximum atomic E-state index is 13.2. The van der Waals surface area contributed by atoms with Crippen molar-refractivity contribution in [2.75, 3.05) is 20.2 Å². The molecule has 6 heteroatoms. The minimum Gasteiger partial charge on any atom is -0.496 e. The number of benzene rings is 3. The van der Waals surface area contributed by atoms with E-state index >= 15 is 0 Å². The molecule has 0 atom stereocenters. The number of rotatable bonds is 10. The number of ether oxygens (including phenoxy) is 1. The fraction of sp³-hybridized carbons (Fsp3) is 0.222. The Balaban J connectivity index is 1.45. The number of hydrogen-bond donors (Lipinski definition) is 2. The van der Waals surface area contributed by atoms with E-state index in [1.807, 2.05) is 47.5 Å². The van der Waals surface area contributed by atoms with Crippen molar-refractivity contribution >= 4 is 16.8 Å². The Hall–Kier alpha value is -3.64. The van der Waals surface area contributed by atoms with E-state index in [9.17, 15) is 9.18 Å². The molecule has 0 aliphatic carbocycles. The normalized spacial score (nSPS) is 11.0. The highest BCUT2D eigenvalue weighted by Crippen LogP contribution is 2.21. The highest BCUT2D eigenvalue weighted by atomic mass is 19.1. The smallest absolute Gasteiger partial charge is 0.236 e. The summed E-state index contributed by atoms with van der Waals surface area (Å²) in [6.07, 6.45) is 2.76. The number of para-hydroxylation sites is 2. The summed E-state index contributed by atoms with van der Waals surface area (Å²) in [5.74, 6) is 0.500. The van der Waals surface area contributed by atoms with E-state index in [0.717, 1.165) is 28.8 Å². The summed E-state index contributed by atoms with van der Waals surface area (Å²) in [6, 6.07) is 22.2. The summed E-state index contributed by atoms with van der Waals surface area (Å²) >= 11 is 0. The summed E-state index contributed by atoms with van der Waals surface area (Å²) in [5.41, 5.74) is 4.17. The van der Waals surface area contributed by atoms with Crippen LogP contribution < -0.4 is 10.1 Å². The summed E-state index contributed by atoms with van der Waals surface area (Å²) in [4.78, 5) is 18.3. The molecular formula is C27H28FN3O2. The van der Waals surface area contributed by atoms with E-state index < -0.39 is 0 Å². The molecule has 1 aromatic heterocycles. The van der Waals surface area contributed by atoms with Gasteiger partial charge in [-0.15, -0.1) is 0 Å². The van der Waals surface area contributed by atoms with Crippen LogP contribution in [0.15, 0.2) is 79.0 Å². The molecule has 170 valence electrons. The van der Waals surface area contributed by atoms with Gasteiger partial charge in [-0.05, 0) is 41.8 Å². The lowest BCUT2D eigenvalue weighted by Gasteiger charge is -2.24. The molecule has 5 nitrogen and oxygen atoms in total. The third-order valence-corrected chi connectivity index (χ3v) is 5.75. The van der Waals surface area contributed by atoms with Crippen LogP contribution in [0.25, 0.3) is 10.9 Å². The topological polar surface area (TPSA) is 57.4 Å². The van der Waals surface area contributed by atoms with E-state index in [4.69, 9.17) is 4.74 Å². The first kappa shape index (κ1) is 22.6. The highest BCUT2D eigenvalue weighted by molar-refractivity contribution is 5.83. The second-order valence-electron chi connectivity index (χ2n) is 7.97. The second-order valence-corrected chi connectivity index (χ2v) is 7.97. The van der Waals surface area contributed by atoms with E-state index in [1.165, 1.54) is 23.1 Å². The van der Waals surface area contributed by atoms with E-state index in [0.29, 0.717) is 19.6 Å². The van der Waals surface area contributed by atoms with Crippen molar-refractivity contribution < 1.29 is 13.9 Å². The van der Waals surface area contributed by atoms with Gasteiger partial charge in [0, 0.05) is 42.3 Å². The third-order valence-electron chi connectivity index (χ3n) is 5.75. The fourth-order valence-corrected chi connectivity index (χ4v) is 3.95. The zero-order valence-electron chi connectivity index (χ0n) is 18.7. The molecular weight excluding hydrogens is 417 g/mol. The molecule has 0 saturated carbocycles. The fourth-order valence-electron chi connectivity index (χ4n) is 3.95. The number of aromatic nitrogens is 1. The predicted molar refractivity (Wildman–Crippen MR) is 129 cm³/mol. The number of H-pyrrole nitrogens is 1. The van der Waals surface area contributed by atoms with E-state index in [-0.39, 0.29) is 18.3 Å². The predicted octanol–water partition coefficient (Wildman–Crippen LogP) is 4.68. The highest BCUT2D eigenvalue weighted by Gasteiger charge is 2.17. The molecule has 1 amide bonds. The van der Waals surface area contributed by atoms with Crippen molar-refractivity contribution in [2.24, 2.45) is 0 Å². The van der Waals surface area contributed by atoms with Gasteiger partial charge in [-0.25, -0.2) is 4.39 Å². The van der Waals surface area contributed by atoms with Crippen LogP contribution >= 0.6 is 0 Å². The van der Waals surface area contributed by atoms with Crippen molar-refractivity contribution in [3.05, 3.63) is 102 Å². The van der Waals surface area contributed by atoms with Gasteiger partial charge in [-0.1, -0.05) is 48.5 Å². The molecule has 0 unspecified atom stereocenters. The number of fused-ring (bicyclic) bond motifs is 1. The second kappa shape index (κ2) is 10.8. The first-order chi connectivity index (χ1) is 16.1. The minimum absolute atomic E-state index is 0.00265. The van der Waals surface area contributed by atoms with E-state index in [2.05, 4.69) is 22.4 Å². The molecule has 0 radical (unpaired) electrons. The lowest BCUT2D eigenvalue weighted by atomic mass is 10.1. The number of aromatic amines is 1. The number of carbonyl (C=O) groups excluding carboxylic acids is 1. The van der Waals surface area contributed by atoms with Crippen LogP contribution in [0, 0.1) is 5.82 Å². The summed E-state index contributed by atoms with van der Waals surface area (Å²) in [5, 5.41) is 4.36. The molecule has 0 fully saturated rings. The standard InChI is InChI=1S/C27H28FN3O2/c1-33-26-9-5-2-6-22(26)19-31(15-14-21-17-30-25-8-4-3-7-24(21)25)27(32)18-29-16-20-10-12-23(28)13-11-20/h2-13,17,29-30H,14-16,18-19H2,1H3. The first-order valence-corrected chi connectivity index (χ1v) is 11.0. The largest absolute Gasteiger partial charge is 0.496 e. The molecule has 33 heavy (non-hydrogen) atoms. The molecule has 4 rings (SSSR count). The van der Waals surface area contributed by atoms with Crippen LogP contribution in [0.3, 0.4) is 0 Å². The Morgan fingerprint density at radius 2 is 1.76 bits per heavy atom.